The molecule has 2 nitrogen and oxygen atoms in total. The van der Waals surface area contributed by atoms with Crippen molar-refractivity contribution < 1.29 is 14.2 Å². The number of aliphatic hydroxyl groups excluding tert-OH is 1. The van der Waals surface area contributed by atoms with Crippen molar-refractivity contribution >= 4 is 0 Å². The van der Waals surface area contributed by atoms with Crippen LogP contribution in [0.2, 0.25) is 0 Å². The van der Waals surface area contributed by atoms with Gasteiger partial charge in [-0.1, -0.05) is 11.8 Å². The van der Waals surface area contributed by atoms with Gasteiger partial charge in [-0.25, -0.2) is 4.39 Å². The minimum atomic E-state index is -0.372. The van der Waals surface area contributed by atoms with E-state index in [2.05, 4.69) is 11.8 Å². The van der Waals surface area contributed by atoms with Crippen LogP contribution in [-0.4, -0.2) is 18.8 Å². The number of halogens is 1. The monoisotopic (exact) mass is 180 g/mol. The van der Waals surface area contributed by atoms with Gasteiger partial charge in [-0.15, -0.1) is 0 Å². The summed E-state index contributed by atoms with van der Waals surface area (Å²) >= 11 is 0. The molecule has 0 aliphatic heterocycles. The molecular weight excluding hydrogens is 171 g/mol. The molecule has 0 unspecified atom stereocenters. The Morgan fingerprint density at radius 1 is 1.54 bits per heavy atom. The zero-order valence-corrected chi connectivity index (χ0v) is 7.17. The Hall–Kier alpha value is -1.53. The molecule has 0 amide bonds. The molecule has 0 aromatic heterocycles. The molecule has 0 aliphatic carbocycles. The molecule has 0 atom stereocenters. The van der Waals surface area contributed by atoms with E-state index in [1.807, 2.05) is 0 Å². The fourth-order valence-electron chi connectivity index (χ4n) is 0.913. The van der Waals surface area contributed by atoms with Gasteiger partial charge < -0.3 is 9.84 Å². The number of hydrogen-bond donors (Lipinski definition) is 1. The zero-order valence-electron chi connectivity index (χ0n) is 7.17. The third kappa shape index (κ3) is 2.46. The highest BCUT2D eigenvalue weighted by atomic mass is 19.1. The van der Waals surface area contributed by atoms with Gasteiger partial charge in [0, 0.05) is 0 Å². The van der Waals surface area contributed by atoms with Crippen molar-refractivity contribution in [3.05, 3.63) is 29.6 Å². The van der Waals surface area contributed by atoms with Gasteiger partial charge in [0.2, 0.25) is 0 Å². The van der Waals surface area contributed by atoms with Crippen molar-refractivity contribution in [2.75, 3.05) is 13.7 Å². The van der Waals surface area contributed by atoms with E-state index in [-0.39, 0.29) is 12.4 Å². The number of ether oxygens (including phenoxy) is 1. The molecule has 68 valence electrons. The summed E-state index contributed by atoms with van der Waals surface area (Å²) in [5, 5.41) is 8.45. The van der Waals surface area contributed by atoms with Gasteiger partial charge in [0.25, 0.3) is 0 Å². The maximum Gasteiger partial charge on any atom is 0.134 e. The summed E-state index contributed by atoms with van der Waals surface area (Å²) in [4.78, 5) is 0. The van der Waals surface area contributed by atoms with E-state index in [1.54, 1.807) is 0 Å². The van der Waals surface area contributed by atoms with Crippen LogP contribution in [0.15, 0.2) is 18.2 Å². The van der Waals surface area contributed by atoms with Gasteiger partial charge in [0.15, 0.2) is 0 Å². The van der Waals surface area contributed by atoms with Gasteiger partial charge in [0.1, 0.15) is 18.2 Å². The van der Waals surface area contributed by atoms with Gasteiger partial charge in [-0.2, -0.15) is 0 Å². The lowest BCUT2D eigenvalue weighted by Gasteiger charge is -2.01. The van der Waals surface area contributed by atoms with Crippen molar-refractivity contribution in [3.8, 4) is 17.6 Å². The Kier molecular flexibility index (Phi) is 3.30. The summed E-state index contributed by atoms with van der Waals surface area (Å²) in [7, 11) is 1.48. The Morgan fingerprint density at radius 3 is 2.92 bits per heavy atom. The van der Waals surface area contributed by atoms with E-state index in [1.165, 1.54) is 25.3 Å². The summed E-state index contributed by atoms with van der Waals surface area (Å²) in [6, 6.07) is 4.06. The fraction of sp³-hybridized carbons (Fsp3) is 0.200. The molecule has 1 N–H and O–H groups in total. The molecule has 0 aliphatic rings. The van der Waals surface area contributed by atoms with Crippen molar-refractivity contribution in [2.45, 2.75) is 0 Å². The molecule has 0 heterocycles. The first-order chi connectivity index (χ1) is 6.27. The van der Waals surface area contributed by atoms with E-state index >= 15 is 0 Å². The number of benzene rings is 1. The highest BCUT2D eigenvalue weighted by Crippen LogP contribution is 2.17. The maximum atomic E-state index is 12.7. The highest BCUT2D eigenvalue weighted by Gasteiger charge is 2.00. The number of rotatable bonds is 1. The van der Waals surface area contributed by atoms with Crippen molar-refractivity contribution in [1.82, 2.24) is 0 Å². The second-order valence-corrected chi connectivity index (χ2v) is 2.30. The second-order valence-electron chi connectivity index (χ2n) is 2.30. The minimum absolute atomic E-state index is 0.250. The lowest BCUT2D eigenvalue weighted by Crippen LogP contribution is -1.89. The van der Waals surface area contributed by atoms with Gasteiger partial charge >= 0.3 is 0 Å². The topological polar surface area (TPSA) is 29.5 Å². The van der Waals surface area contributed by atoms with Gasteiger partial charge in [0.05, 0.1) is 12.7 Å². The van der Waals surface area contributed by atoms with Crippen LogP contribution in [0.3, 0.4) is 0 Å². The summed E-state index contributed by atoms with van der Waals surface area (Å²) in [5.41, 5.74) is 0.441. The molecule has 1 aromatic carbocycles. The van der Waals surface area contributed by atoms with Crippen LogP contribution < -0.4 is 4.74 Å². The standard InChI is InChI=1S/C10H9FO2/c1-13-10-5-4-9(11)7-8(10)3-2-6-12/h4-5,7,12H,6H2,1H3. The first-order valence-electron chi connectivity index (χ1n) is 3.71. The fourth-order valence-corrected chi connectivity index (χ4v) is 0.913. The molecule has 0 fully saturated rings. The Bertz CT molecular complexity index is 350. The lowest BCUT2D eigenvalue weighted by atomic mass is 10.2. The average molecular weight is 180 g/mol. The normalized spacial score (nSPS) is 8.85. The third-order valence-corrected chi connectivity index (χ3v) is 1.46. The number of hydrogen-bond acceptors (Lipinski definition) is 2. The lowest BCUT2D eigenvalue weighted by molar-refractivity contribution is 0.350. The predicted molar refractivity (Wildman–Crippen MR) is 46.9 cm³/mol. The SMILES string of the molecule is COc1ccc(F)cc1C#CCO. The van der Waals surface area contributed by atoms with Crippen LogP contribution in [0.4, 0.5) is 4.39 Å². The van der Waals surface area contributed by atoms with Crippen LogP contribution in [0, 0.1) is 17.7 Å². The molecule has 0 saturated carbocycles. The van der Waals surface area contributed by atoms with E-state index < -0.39 is 0 Å². The van der Waals surface area contributed by atoms with Crippen molar-refractivity contribution in [3.63, 3.8) is 0 Å². The van der Waals surface area contributed by atoms with Crippen molar-refractivity contribution in [1.29, 1.82) is 0 Å². The predicted octanol–water partition coefficient (Wildman–Crippen LogP) is 1.18. The molecule has 1 rings (SSSR count). The molecule has 1 aromatic rings. The summed E-state index contributed by atoms with van der Waals surface area (Å²) < 4.78 is 17.7. The molecule has 0 radical (unpaired) electrons. The molecule has 3 heteroatoms. The van der Waals surface area contributed by atoms with E-state index in [9.17, 15) is 4.39 Å². The Morgan fingerprint density at radius 2 is 2.31 bits per heavy atom. The van der Waals surface area contributed by atoms with Gasteiger partial charge in [-0.3, -0.25) is 0 Å². The van der Waals surface area contributed by atoms with Crippen LogP contribution in [-0.2, 0) is 0 Å². The summed E-state index contributed by atoms with van der Waals surface area (Å²) in [5.74, 6) is 5.15. The highest BCUT2D eigenvalue weighted by molar-refractivity contribution is 5.46. The van der Waals surface area contributed by atoms with E-state index in [0.29, 0.717) is 11.3 Å². The quantitative estimate of drug-likeness (QED) is 0.657. The summed E-state index contributed by atoms with van der Waals surface area (Å²) in [6.07, 6.45) is 0. The average Bonchev–Trinajstić information content (AvgIpc) is 2.15. The molecule has 13 heavy (non-hydrogen) atoms. The largest absolute Gasteiger partial charge is 0.495 e. The zero-order chi connectivity index (χ0) is 9.68. The first kappa shape index (κ1) is 9.56. The smallest absolute Gasteiger partial charge is 0.134 e. The molecule has 0 saturated heterocycles. The number of aliphatic hydroxyl groups is 1. The third-order valence-electron chi connectivity index (χ3n) is 1.46. The number of methoxy groups -OCH3 is 1. The van der Waals surface area contributed by atoms with Gasteiger partial charge in [-0.05, 0) is 18.2 Å². The van der Waals surface area contributed by atoms with Crippen LogP contribution in [0.5, 0.6) is 5.75 Å². The molecular formula is C10H9FO2. The summed E-state index contributed by atoms with van der Waals surface area (Å²) in [6.45, 7) is -0.250. The Balaban J connectivity index is 3.08. The van der Waals surface area contributed by atoms with Crippen LogP contribution >= 0.6 is 0 Å². The maximum absolute atomic E-state index is 12.7. The van der Waals surface area contributed by atoms with E-state index in [0.717, 1.165) is 0 Å². The Labute approximate surface area is 76.0 Å². The molecule has 0 bridgehead atoms. The second kappa shape index (κ2) is 4.48. The minimum Gasteiger partial charge on any atom is -0.495 e. The van der Waals surface area contributed by atoms with Crippen LogP contribution in [0.1, 0.15) is 5.56 Å². The van der Waals surface area contributed by atoms with Crippen LogP contribution in [0.25, 0.3) is 0 Å². The van der Waals surface area contributed by atoms with E-state index in [4.69, 9.17) is 9.84 Å². The first-order valence-corrected chi connectivity index (χ1v) is 3.71. The molecule has 0 spiro atoms. The van der Waals surface area contributed by atoms with Crippen molar-refractivity contribution in [2.24, 2.45) is 0 Å².